The zero-order valence-corrected chi connectivity index (χ0v) is 17.3. The van der Waals surface area contributed by atoms with Crippen molar-refractivity contribution >= 4 is 55.6 Å². The van der Waals surface area contributed by atoms with E-state index >= 15 is 0 Å². The van der Waals surface area contributed by atoms with E-state index in [1.165, 1.54) is 44.3 Å². The van der Waals surface area contributed by atoms with Crippen molar-refractivity contribution in [3.8, 4) is 0 Å². The van der Waals surface area contributed by atoms with E-state index in [1.54, 1.807) is 11.8 Å². The van der Waals surface area contributed by atoms with Crippen molar-refractivity contribution in [2.24, 2.45) is 0 Å². The van der Waals surface area contributed by atoms with Gasteiger partial charge in [-0.2, -0.15) is 0 Å². The molecule has 0 aromatic rings. The summed E-state index contributed by atoms with van der Waals surface area (Å²) >= 11 is 7.00. The molecule has 0 bridgehead atoms. The fourth-order valence-corrected chi connectivity index (χ4v) is 2.22. The molecule has 2 radical (unpaired) electrons. The van der Waals surface area contributed by atoms with Crippen LogP contribution in [0.2, 0.25) is 0 Å². The molecule has 0 saturated carbocycles. The maximum atomic E-state index is 5.21. The number of nitrogens with one attached hydrogen (secondary N) is 1. The van der Waals surface area contributed by atoms with Gasteiger partial charge in [0, 0.05) is 12.3 Å². The van der Waals surface area contributed by atoms with Crippen LogP contribution in [0, 0.1) is 0 Å². The van der Waals surface area contributed by atoms with E-state index in [1.807, 2.05) is 0 Å². The minimum atomic E-state index is 0. The van der Waals surface area contributed by atoms with Crippen molar-refractivity contribution in [2.45, 2.75) is 52.4 Å². The summed E-state index contributed by atoms with van der Waals surface area (Å²) in [5.74, 6) is 1.17. The van der Waals surface area contributed by atoms with Crippen molar-refractivity contribution in [3.63, 3.8) is 0 Å². The Kier molecular flexibility index (Phi) is 18.7. The molecule has 4 heteroatoms. The molecule has 90 valence electrons. The van der Waals surface area contributed by atoms with E-state index in [0.717, 1.165) is 10.9 Å². The molecule has 0 aliphatic rings. The van der Waals surface area contributed by atoms with Crippen LogP contribution in [0.15, 0.2) is 0 Å². The van der Waals surface area contributed by atoms with Crippen LogP contribution in [-0.2, 0) is 0 Å². The number of hydrogen-bond acceptors (Lipinski definition) is 2. The molecule has 0 aromatic heterocycles. The predicted octanol–water partition coefficient (Wildman–Crippen LogP) is 3.06. The summed E-state index contributed by atoms with van der Waals surface area (Å²) in [5, 5.41) is 3.29. The first-order chi connectivity index (χ1) is 6.81. The fraction of sp³-hybridized carbons (Fsp3) is 0.909. The van der Waals surface area contributed by atoms with Gasteiger partial charge in [-0.05, 0) is 12.8 Å². The number of unbranched alkanes of at least 4 members (excludes halogenated alkanes) is 4. The molecule has 0 fully saturated rings. The molecule has 0 heterocycles. The Morgan fingerprint density at radius 2 is 1.67 bits per heavy atom. The third-order valence-corrected chi connectivity index (χ3v) is 3.43. The summed E-state index contributed by atoms with van der Waals surface area (Å²) < 4.78 is 0.984. The summed E-state index contributed by atoms with van der Waals surface area (Å²) in [6.45, 7) is 5.50. The molecule has 0 aliphatic carbocycles. The Bertz CT molecular complexity index is 129. The molecule has 0 spiro atoms. The van der Waals surface area contributed by atoms with E-state index < -0.39 is 0 Å². The van der Waals surface area contributed by atoms with Gasteiger partial charge in [0.05, 0.1) is 0 Å². The molecule has 0 amide bonds. The van der Waals surface area contributed by atoms with Gasteiger partial charge < -0.3 is 5.32 Å². The van der Waals surface area contributed by atoms with E-state index in [0.29, 0.717) is 0 Å². The van der Waals surface area contributed by atoms with Crippen molar-refractivity contribution in [1.82, 2.24) is 5.32 Å². The van der Waals surface area contributed by atoms with Crippen molar-refractivity contribution in [2.75, 3.05) is 12.3 Å². The van der Waals surface area contributed by atoms with Crippen LogP contribution in [0.3, 0.4) is 0 Å². The maximum absolute atomic E-state index is 5.21. The number of thioether (sulfide) groups is 1. The van der Waals surface area contributed by atoms with Gasteiger partial charge in [-0.15, -0.1) is 0 Å². The normalized spacial score (nSPS) is 9.47. The summed E-state index contributed by atoms with van der Waals surface area (Å²) in [6.07, 6.45) is 7.72. The number of rotatable bonds is 8. The average molecular weight is 443 g/mol. The third kappa shape index (κ3) is 15.2. The molecule has 0 rings (SSSR count). The van der Waals surface area contributed by atoms with Gasteiger partial charge in [0.1, 0.15) is 4.32 Å². The standard InChI is InChI=1S/C11H23NS2.Pb.2H/c1-3-5-7-9-12-11(13)14-10-8-6-4-2;;;/h3-10H2,1-2H3,(H,12,13);;;. The molecule has 15 heavy (non-hydrogen) atoms. The molecule has 0 unspecified atom stereocenters. The molecule has 0 saturated heterocycles. The fourth-order valence-electron chi connectivity index (χ4n) is 1.13. The van der Waals surface area contributed by atoms with Crippen LogP contribution in [-0.4, -0.2) is 43.9 Å². The number of thiocarbonyl (C=S) groups is 1. The van der Waals surface area contributed by atoms with Gasteiger partial charge in [-0.3, -0.25) is 0 Å². The third-order valence-electron chi connectivity index (χ3n) is 2.03. The molecule has 1 N–H and O–H groups in total. The van der Waals surface area contributed by atoms with Crippen LogP contribution in [0.4, 0.5) is 0 Å². The first-order valence-corrected chi connectivity index (χ1v) is 7.11. The Labute approximate surface area is 125 Å². The molecular weight excluding hydrogens is 417 g/mol. The van der Waals surface area contributed by atoms with E-state index in [-0.39, 0.29) is 27.3 Å². The topological polar surface area (TPSA) is 12.0 Å². The predicted molar refractivity (Wildman–Crippen MR) is 80.7 cm³/mol. The molecule has 1 nitrogen and oxygen atoms in total. The quantitative estimate of drug-likeness (QED) is 0.353. The van der Waals surface area contributed by atoms with Crippen LogP contribution < -0.4 is 5.32 Å². The summed E-state index contributed by atoms with van der Waals surface area (Å²) in [7, 11) is 0. The van der Waals surface area contributed by atoms with E-state index in [9.17, 15) is 0 Å². The summed E-state index contributed by atoms with van der Waals surface area (Å²) in [5.41, 5.74) is 0. The van der Waals surface area contributed by atoms with E-state index in [4.69, 9.17) is 12.2 Å². The van der Waals surface area contributed by atoms with Crippen molar-refractivity contribution in [1.29, 1.82) is 0 Å². The van der Waals surface area contributed by atoms with Gasteiger partial charge in [-0.1, -0.05) is 63.5 Å². The zero-order chi connectivity index (χ0) is 10.6. The second kappa shape index (κ2) is 15.2. The molecular formula is C11H25NPbS2. The van der Waals surface area contributed by atoms with Crippen molar-refractivity contribution < 1.29 is 0 Å². The van der Waals surface area contributed by atoms with Crippen LogP contribution in [0.1, 0.15) is 52.4 Å². The van der Waals surface area contributed by atoms with Crippen LogP contribution in [0.25, 0.3) is 0 Å². The van der Waals surface area contributed by atoms with Gasteiger partial charge in [0.15, 0.2) is 0 Å². The summed E-state index contributed by atoms with van der Waals surface area (Å²) in [6, 6.07) is 0. The van der Waals surface area contributed by atoms with Crippen LogP contribution >= 0.6 is 24.0 Å². The van der Waals surface area contributed by atoms with Gasteiger partial charge >= 0.3 is 27.3 Å². The first-order valence-electron chi connectivity index (χ1n) is 5.71. The van der Waals surface area contributed by atoms with E-state index in [2.05, 4.69) is 19.2 Å². The Morgan fingerprint density at radius 3 is 2.27 bits per heavy atom. The van der Waals surface area contributed by atoms with Crippen molar-refractivity contribution in [3.05, 3.63) is 0 Å². The number of hydrogen-bond donors (Lipinski definition) is 1. The summed E-state index contributed by atoms with van der Waals surface area (Å²) in [4.78, 5) is 0. The zero-order valence-electron chi connectivity index (χ0n) is 10.2. The average Bonchev–Trinajstić information content (AvgIpc) is 2.19. The van der Waals surface area contributed by atoms with Crippen LogP contribution in [0.5, 0.6) is 0 Å². The Balaban J connectivity index is 0. The SMILES string of the molecule is CCCCCNC(=S)SCCCCC.[PbH2]. The van der Waals surface area contributed by atoms with Gasteiger partial charge in [0.2, 0.25) is 0 Å². The second-order valence-electron chi connectivity index (χ2n) is 3.48. The molecule has 0 aliphatic heterocycles. The second-order valence-corrected chi connectivity index (χ2v) is 5.25. The van der Waals surface area contributed by atoms with Gasteiger partial charge in [-0.25, -0.2) is 0 Å². The Morgan fingerprint density at radius 1 is 1.07 bits per heavy atom. The van der Waals surface area contributed by atoms with Gasteiger partial charge in [0.25, 0.3) is 0 Å². The Hall–Kier alpha value is 1.16. The molecule has 0 atom stereocenters. The monoisotopic (exact) mass is 443 g/mol. The first kappa shape index (κ1) is 18.5. The molecule has 0 aromatic carbocycles. The minimum absolute atomic E-state index is 0.